The van der Waals surface area contributed by atoms with Crippen LogP contribution >= 0.6 is 0 Å². The number of aliphatic imine (C=N–C) groups is 1. The molecule has 1 fully saturated rings. The average Bonchev–Trinajstić information content (AvgIpc) is 3.15. The van der Waals surface area contributed by atoms with Crippen LogP contribution in [0.25, 0.3) is 0 Å². The fraction of sp³-hybridized carbons (Fsp3) is 0.650. The zero-order chi connectivity index (χ0) is 18.9. The van der Waals surface area contributed by atoms with E-state index in [2.05, 4.69) is 22.5 Å². The predicted molar refractivity (Wildman–Crippen MR) is 107 cm³/mol. The Morgan fingerprint density at radius 2 is 2.15 bits per heavy atom. The van der Waals surface area contributed by atoms with E-state index in [-0.39, 0.29) is 6.10 Å². The van der Waals surface area contributed by atoms with E-state index < -0.39 is 0 Å². The van der Waals surface area contributed by atoms with Crippen molar-refractivity contribution >= 4 is 5.96 Å². The molecule has 2 N–H and O–H groups in total. The molecule has 2 heterocycles. The molecule has 1 aromatic rings. The van der Waals surface area contributed by atoms with Crippen molar-refractivity contribution in [1.29, 1.82) is 0 Å². The van der Waals surface area contributed by atoms with Crippen LogP contribution in [-0.2, 0) is 4.74 Å². The minimum Gasteiger partial charge on any atom is -0.486 e. The fourth-order valence-electron chi connectivity index (χ4n) is 3.52. The molecular formula is C20H32N4O3. The summed E-state index contributed by atoms with van der Waals surface area (Å²) in [6, 6.07) is 8.28. The summed E-state index contributed by atoms with van der Waals surface area (Å²) in [5.41, 5.74) is 0. The minimum absolute atomic E-state index is 0.0339. The molecule has 7 heteroatoms. The topological polar surface area (TPSA) is 67.4 Å². The van der Waals surface area contributed by atoms with Gasteiger partial charge in [-0.15, -0.1) is 0 Å². The van der Waals surface area contributed by atoms with Crippen molar-refractivity contribution in [2.24, 2.45) is 4.99 Å². The van der Waals surface area contributed by atoms with Crippen molar-refractivity contribution in [2.45, 2.75) is 31.9 Å². The number of guanidine groups is 1. The van der Waals surface area contributed by atoms with E-state index >= 15 is 0 Å². The van der Waals surface area contributed by atoms with Crippen LogP contribution in [0.4, 0.5) is 0 Å². The summed E-state index contributed by atoms with van der Waals surface area (Å²) in [7, 11) is 1.76. The molecule has 1 aromatic carbocycles. The van der Waals surface area contributed by atoms with Gasteiger partial charge < -0.3 is 24.8 Å². The number of benzene rings is 1. The van der Waals surface area contributed by atoms with Crippen LogP contribution < -0.4 is 20.1 Å². The van der Waals surface area contributed by atoms with Crippen molar-refractivity contribution in [2.75, 3.05) is 53.0 Å². The molecule has 0 aromatic heterocycles. The Bertz CT molecular complexity index is 611. The zero-order valence-electron chi connectivity index (χ0n) is 16.4. The first-order valence-electron chi connectivity index (χ1n) is 9.93. The number of likely N-dealkylation sites (tertiary alicyclic amines) is 1. The molecule has 2 aliphatic rings. The number of fused-ring (bicyclic) bond motifs is 1. The Hall–Kier alpha value is -1.99. The lowest BCUT2D eigenvalue weighted by Gasteiger charge is -2.27. The normalized spacial score (nSPS) is 22.7. The summed E-state index contributed by atoms with van der Waals surface area (Å²) < 4.78 is 17.0. The third-order valence-corrected chi connectivity index (χ3v) is 4.95. The number of nitrogens with one attached hydrogen (secondary N) is 2. The largest absolute Gasteiger partial charge is 0.486 e. The predicted octanol–water partition coefficient (Wildman–Crippen LogP) is 1.49. The van der Waals surface area contributed by atoms with Gasteiger partial charge in [0.2, 0.25) is 0 Å². The number of rotatable bonds is 8. The second-order valence-corrected chi connectivity index (χ2v) is 6.92. The van der Waals surface area contributed by atoms with Gasteiger partial charge in [0.15, 0.2) is 17.5 Å². The van der Waals surface area contributed by atoms with E-state index in [0.29, 0.717) is 19.2 Å². The third kappa shape index (κ3) is 5.74. The molecule has 0 amide bonds. The van der Waals surface area contributed by atoms with E-state index in [0.717, 1.165) is 50.2 Å². The molecule has 2 atom stereocenters. The first kappa shape index (κ1) is 19.8. The number of methoxy groups -OCH3 is 1. The first-order chi connectivity index (χ1) is 13.3. The van der Waals surface area contributed by atoms with Gasteiger partial charge in [0.1, 0.15) is 12.7 Å². The van der Waals surface area contributed by atoms with Crippen LogP contribution in [0.15, 0.2) is 29.3 Å². The van der Waals surface area contributed by atoms with Crippen molar-refractivity contribution in [3.63, 3.8) is 0 Å². The minimum atomic E-state index is -0.0339. The highest BCUT2D eigenvalue weighted by atomic mass is 16.6. The molecule has 150 valence electrons. The van der Waals surface area contributed by atoms with Crippen LogP contribution in [0, 0.1) is 0 Å². The van der Waals surface area contributed by atoms with E-state index in [1.165, 1.54) is 12.8 Å². The van der Waals surface area contributed by atoms with Crippen molar-refractivity contribution in [3.8, 4) is 11.5 Å². The van der Waals surface area contributed by atoms with Crippen LogP contribution in [0.1, 0.15) is 19.8 Å². The molecular weight excluding hydrogens is 344 g/mol. The molecule has 2 unspecified atom stereocenters. The highest BCUT2D eigenvalue weighted by Gasteiger charge is 2.24. The van der Waals surface area contributed by atoms with Gasteiger partial charge >= 0.3 is 0 Å². The van der Waals surface area contributed by atoms with Gasteiger partial charge in [-0.1, -0.05) is 12.1 Å². The highest BCUT2D eigenvalue weighted by molar-refractivity contribution is 5.79. The summed E-state index contributed by atoms with van der Waals surface area (Å²) in [6.07, 6.45) is 2.40. The lowest BCUT2D eigenvalue weighted by molar-refractivity contribution is 0.0936. The quantitative estimate of drug-likeness (QED) is 0.529. The highest BCUT2D eigenvalue weighted by Crippen LogP contribution is 2.30. The van der Waals surface area contributed by atoms with Crippen LogP contribution in [0.2, 0.25) is 0 Å². The van der Waals surface area contributed by atoms with Gasteiger partial charge in [-0.2, -0.15) is 0 Å². The monoisotopic (exact) mass is 376 g/mol. The van der Waals surface area contributed by atoms with Gasteiger partial charge in [-0.05, 0) is 38.4 Å². The summed E-state index contributed by atoms with van der Waals surface area (Å²) >= 11 is 0. The maximum atomic E-state index is 6.01. The van der Waals surface area contributed by atoms with Gasteiger partial charge in [0.25, 0.3) is 0 Å². The number of ether oxygens (including phenoxy) is 3. The molecule has 2 aliphatic heterocycles. The summed E-state index contributed by atoms with van der Waals surface area (Å²) in [5.74, 6) is 2.45. The maximum Gasteiger partial charge on any atom is 0.191 e. The Labute approximate surface area is 162 Å². The van der Waals surface area contributed by atoms with E-state index in [4.69, 9.17) is 19.2 Å². The Kier molecular flexibility index (Phi) is 7.59. The molecule has 0 bridgehead atoms. The smallest absolute Gasteiger partial charge is 0.191 e. The number of nitrogens with zero attached hydrogens (tertiary/aromatic N) is 2. The Morgan fingerprint density at radius 3 is 2.96 bits per heavy atom. The third-order valence-electron chi connectivity index (χ3n) is 4.95. The molecule has 0 spiro atoms. The lowest BCUT2D eigenvalue weighted by Crippen LogP contribution is -2.46. The Morgan fingerprint density at radius 1 is 1.30 bits per heavy atom. The molecule has 0 saturated carbocycles. The van der Waals surface area contributed by atoms with Crippen LogP contribution in [0.3, 0.4) is 0 Å². The molecule has 27 heavy (non-hydrogen) atoms. The van der Waals surface area contributed by atoms with Gasteiger partial charge in [-0.25, -0.2) is 0 Å². The number of hydrogen-bond donors (Lipinski definition) is 2. The SMILES string of the molecule is CCNC(=NCC1CCCN1CCOC)NCC1COc2ccccc2O1. The van der Waals surface area contributed by atoms with Crippen molar-refractivity contribution in [3.05, 3.63) is 24.3 Å². The van der Waals surface area contributed by atoms with Crippen molar-refractivity contribution < 1.29 is 14.2 Å². The van der Waals surface area contributed by atoms with Gasteiger partial charge in [0, 0.05) is 26.2 Å². The molecule has 7 nitrogen and oxygen atoms in total. The van der Waals surface area contributed by atoms with Gasteiger partial charge in [0.05, 0.1) is 19.7 Å². The van der Waals surface area contributed by atoms with Crippen molar-refractivity contribution in [1.82, 2.24) is 15.5 Å². The summed E-state index contributed by atoms with van der Waals surface area (Å²) in [4.78, 5) is 7.28. The number of para-hydroxylation sites is 2. The molecule has 0 aliphatic carbocycles. The van der Waals surface area contributed by atoms with Crippen LogP contribution in [0.5, 0.6) is 11.5 Å². The van der Waals surface area contributed by atoms with Gasteiger partial charge in [-0.3, -0.25) is 9.89 Å². The summed E-state index contributed by atoms with van der Waals surface area (Å²) in [6.45, 7) is 7.79. The second kappa shape index (κ2) is 10.4. The maximum absolute atomic E-state index is 6.01. The summed E-state index contributed by atoms with van der Waals surface area (Å²) in [5, 5.41) is 6.72. The lowest BCUT2D eigenvalue weighted by atomic mass is 10.2. The van der Waals surface area contributed by atoms with Crippen LogP contribution in [-0.4, -0.2) is 76.1 Å². The average molecular weight is 377 g/mol. The number of hydrogen-bond acceptors (Lipinski definition) is 5. The second-order valence-electron chi connectivity index (χ2n) is 6.92. The van der Waals surface area contributed by atoms with E-state index in [9.17, 15) is 0 Å². The standard InChI is InChI=1S/C20H32N4O3/c1-3-21-20(22-13-16-7-6-10-24(16)11-12-25-2)23-14-17-15-26-18-8-4-5-9-19(18)27-17/h4-5,8-9,16-17H,3,6-7,10-15H2,1-2H3,(H2,21,22,23). The molecule has 0 radical (unpaired) electrons. The van der Waals surface area contributed by atoms with E-state index in [1.807, 2.05) is 24.3 Å². The Balaban J connectivity index is 1.49. The zero-order valence-corrected chi connectivity index (χ0v) is 16.4. The fourth-order valence-corrected chi connectivity index (χ4v) is 3.52. The van der Waals surface area contributed by atoms with E-state index in [1.54, 1.807) is 7.11 Å². The molecule has 1 saturated heterocycles. The molecule has 3 rings (SSSR count). The first-order valence-corrected chi connectivity index (χ1v) is 9.93.